The molecule has 9 heteroatoms. The summed E-state index contributed by atoms with van der Waals surface area (Å²) < 4.78 is 36.2. The molecule has 1 atom stereocenters. The summed E-state index contributed by atoms with van der Waals surface area (Å²) in [6.45, 7) is -0.945. The number of halogens is 3. The van der Waals surface area contributed by atoms with Crippen LogP contribution >= 0.6 is 0 Å². The Morgan fingerprint density at radius 2 is 2.16 bits per heavy atom. The number of nitrogens with zero attached hydrogens (tertiary/aromatic N) is 2. The van der Waals surface area contributed by atoms with E-state index in [1.165, 1.54) is 12.1 Å². The molecule has 6 nitrogen and oxygen atoms in total. The Morgan fingerprint density at radius 3 is 2.63 bits per heavy atom. The minimum absolute atomic E-state index is 0.257. The molecule has 0 fully saturated rings. The standard InChI is InChI=1S/C10H8F3N3O3/c11-10(12,13)8(17)5-15-7-3-1-2-6(4-14)9(7)16(18)19/h1-3,8,15,17H,5H2. The van der Waals surface area contributed by atoms with E-state index in [4.69, 9.17) is 10.4 Å². The van der Waals surface area contributed by atoms with E-state index in [0.717, 1.165) is 6.07 Å². The number of aliphatic hydroxyl groups excluding tert-OH is 1. The molecule has 0 amide bonds. The van der Waals surface area contributed by atoms with Crippen LogP contribution in [0.15, 0.2) is 18.2 Å². The highest BCUT2D eigenvalue weighted by Crippen LogP contribution is 2.28. The third kappa shape index (κ3) is 3.56. The Kier molecular flexibility index (Phi) is 4.29. The first-order valence-electron chi connectivity index (χ1n) is 4.93. The van der Waals surface area contributed by atoms with E-state index in [1.54, 1.807) is 6.07 Å². The van der Waals surface area contributed by atoms with Gasteiger partial charge in [0.05, 0.1) is 4.92 Å². The Morgan fingerprint density at radius 1 is 1.53 bits per heavy atom. The highest BCUT2D eigenvalue weighted by molar-refractivity contribution is 5.68. The molecule has 1 rings (SSSR count). The summed E-state index contributed by atoms with van der Waals surface area (Å²) in [6, 6.07) is 5.18. The van der Waals surface area contributed by atoms with Crippen LogP contribution in [0.1, 0.15) is 5.56 Å². The van der Waals surface area contributed by atoms with E-state index in [0.29, 0.717) is 0 Å². The second-order valence-corrected chi connectivity index (χ2v) is 3.51. The van der Waals surface area contributed by atoms with Gasteiger partial charge in [-0.15, -0.1) is 0 Å². The minimum Gasteiger partial charge on any atom is -0.382 e. The second kappa shape index (κ2) is 5.53. The van der Waals surface area contributed by atoms with Crippen LogP contribution in [0.2, 0.25) is 0 Å². The molecular formula is C10H8F3N3O3. The third-order valence-corrected chi connectivity index (χ3v) is 2.20. The van der Waals surface area contributed by atoms with Gasteiger partial charge >= 0.3 is 11.9 Å². The van der Waals surface area contributed by atoms with E-state index in [2.05, 4.69) is 5.32 Å². The van der Waals surface area contributed by atoms with Crippen LogP contribution < -0.4 is 5.32 Å². The van der Waals surface area contributed by atoms with Crippen molar-refractivity contribution in [3.8, 4) is 6.07 Å². The van der Waals surface area contributed by atoms with Crippen LogP contribution in [0.25, 0.3) is 0 Å². The van der Waals surface area contributed by atoms with Gasteiger partial charge in [0.2, 0.25) is 0 Å². The van der Waals surface area contributed by atoms with Crippen molar-refractivity contribution in [1.29, 1.82) is 5.26 Å². The Balaban J connectivity index is 2.97. The zero-order valence-corrected chi connectivity index (χ0v) is 9.31. The Hall–Kier alpha value is -2.34. The largest absolute Gasteiger partial charge is 0.416 e. The van der Waals surface area contributed by atoms with Crippen molar-refractivity contribution in [2.75, 3.05) is 11.9 Å². The summed E-state index contributed by atoms with van der Waals surface area (Å²) in [7, 11) is 0. The van der Waals surface area contributed by atoms with E-state index in [1.807, 2.05) is 0 Å². The van der Waals surface area contributed by atoms with E-state index in [-0.39, 0.29) is 11.3 Å². The molecule has 0 aliphatic rings. The molecule has 0 saturated heterocycles. The minimum atomic E-state index is -4.82. The van der Waals surface area contributed by atoms with Crippen molar-refractivity contribution in [2.45, 2.75) is 12.3 Å². The van der Waals surface area contributed by atoms with Gasteiger partial charge in [-0.25, -0.2) is 0 Å². The highest BCUT2D eigenvalue weighted by Gasteiger charge is 2.38. The number of nitro groups is 1. The van der Waals surface area contributed by atoms with Crippen molar-refractivity contribution in [2.24, 2.45) is 0 Å². The van der Waals surface area contributed by atoms with Gasteiger partial charge in [0.15, 0.2) is 6.10 Å². The zero-order chi connectivity index (χ0) is 14.6. The van der Waals surface area contributed by atoms with Gasteiger partial charge in [0.25, 0.3) is 0 Å². The summed E-state index contributed by atoms with van der Waals surface area (Å²) in [5, 5.41) is 30.4. The normalized spacial score (nSPS) is 12.6. The first-order chi connectivity index (χ1) is 8.77. The first kappa shape index (κ1) is 14.7. The number of nitriles is 1. The van der Waals surface area contributed by atoms with Gasteiger partial charge in [-0.2, -0.15) is 18.4 Å². The van der Waals surface area contributed by atoms with Gasteiger partial charge in [-0.1, -0.05) is 6.07 Å². The molecule has 102 valence electrons. The fourth-order valence-electron chi connectivity index (χ4n) is 1.30. The number of nitro benzene ring substituents is 1. The molecule has 0 aliphatic carbocycles. The molecule has 1 unspecified atom stereocenters. The Bertz CT molecular complexity index is 525. The molecule has 0 bridgehead atoms. The van der Waals surface area contributed by atoms with Crippen LogP contribution in [0.5, 0.6) is 0 Å². The number of rotatable bonds is 4. The van der Waals surface area contributed by atoms with Crippen LogP contribution in [0.4, 0.5) is 24.5 Å². The van der Waals surface area contributed by atoms with Crippen LogP contribution in [0, 0.1) is 21.4 Å². The smallest absolute Gasteiger partial charge is 0.382 e. The van der Waals surface area contributed by atoms with Crippen molar-refractivity contribution in [3.63, 3.8) is 0 Å². The monoisotopic (exact) mass is 275 g/mol. The summed E-state index contributed by atoms with van der Waals surface area (Å²) in [5.41, 5.74) is -1.16. The first-order valence-corrected chi connectivity index (χ1v) is 4.93. The molecule has 0 aliphatic heterocycles. The maximum atomic E-state index is 12.1. The molecule has 0 radical (unpaired) electrons. The van der Waals surface area contributed by atoms with Gasteiger partial charge in [-0.05, 0) is 12.1 Å². The average Bonchev–Trinajstić information content (AvgIpc) is 2.33. The summed E-state index contributed by atoms with van der Waals surface area (Å²) in [4.78, 5) is 9.90. The number of benzene rings is 1. The SMILES string of the molecule is N#Cc1cccc(NCC(O)C(F)(F)F)c1[N+](=O)[O-]. The predicted molar refractivity (Wildman–Crippen MR) is 58.4 cm³/mol. The lowest BCUT2D eigenvalue weighted by Crippen LogP contribution is -2.35. The molecule has 19 heavy (non-hydrogen) atoms. The van der Waals surface area contributed by atoms with E-state index < -0.39 is 29.4 Å². The van der Waals surface area contributed by atoms with Crippen LogP contribution in [-0.4, -0.2) is 28.9 Å². The summed E-state index contributed by atoms with van der Waals surface area (Å²) in [6.07, 6.45) is -7.48. The van der Waals surface area contributed by atoms with Crippen LogP contribution in [-0.2, 0) is 0 Å². The van der Waals surface area contributed by atoms with Crippen molar-refractivity contribution >= 4 is 11.4 Å². The number of hydrogen-bond donors (Lipinski definition) is 2. The molecule has 0 saturated carbocycles. The lowest BCUT2D eigenvalue weighted by molar-refractivity contribution is -0.384. The Labute approximate surface area is 105 Å². The van der Waals surface area contributed by atoms with Gasteiger partial charge in [-0.3, -0.25) is 10.1 Å². The fraction of sp³-hybridized carbons (Fsp3) is 0.300. The van der Waals surface area contributed by atoms with Gasteiger partial charge in [0, 0.05) is 6.54 Å². The predicted octanol–water partition coefficient (Wildman–Crippen LogP) is 1.80. The lowest BCUT2D eigenvalue weighted by atomic mass is 10.1. The van der Waals surface area contributed by atoms with Crippen LogP contribution in [0.3, 0.4) is 0 Å². The number of nitrogens with one attached hydrogen (secondary N) is 1. The molecule has 0 spiro atoms. The lowest BCUT2D eigenvalue weighted by Gasteiger charge is -2.15. The molecule has 2 N–H and O–H groups in total. The van der Waals surface area contributed by atoms with Crippen molar-refractivity contribution in [1.82, 2.24) is 0 Å². The average molecular weight is 275 g/mol. The second-order valence-electron chi connectivity index (χ2n) is 3.51. The molecule has 0 heterocycles. The van der Waals surface area contributed by atoms with E-state index in [9.17, 15) is 23.3 Å². The topological polar surface area (TPSA) is 99.2 Å². The molecule has 1 aromatic carbocycles. The van der Waals surface area contributed by atoms with Gasteiger partial charge < -0.3 is 10.4 Å². The van der Waals surface area contributed by atoms with Crippen molar-refractivity contribution < 1.29 is 23.2 Å². The molecule has 0 aromatic heterocycles. The maximum Gasteiger partial charge on any atom is 0.416 e. The summed E-state index contributed by atoms with van der Waals surface area (Å²) >= 11 is 0. The molecule has 1 aromatic rings. The highest BCUT2D eigenvalue weighted by atomic mass is 19.4. The summed E-state index contributed by atoms with van der Waals surface area (Å²) in [5.74, 6) is 0. The molecular weight excluding hydrogens is 267 g/mol. The quantitative estimate of drug-likeness (QED) is 0.644. The number of aliphatic hydroxyl groups is 1. The zero-order valence-electron chi connectivity index (χ0n) is 9.31. The van der Waals surface area contributed by atoms with E-state index >= 15 is 0 Å². The van der Waals surface area contributed by atoms with Gasteiger partial charge in [0.1, 0.15) is 17.3 Å². The van der Waals surface area contributed by atoms with Crippen molar-refractivity contribution in [3.05, 3.63) is 33.9 Å². The fourth-order valence-corrected chi connectivity index (χ4v) is 1.30. The number of para-hydroxylation sites is 1. The number of anilines is 1. The third-order valence-electron chi connectivity index (χ3n) is 2.20. The number of hydrogen-bond acceptors (Lipinski definition) is 5. The number of alkyl halides is 3. The maximum absolute atomic E-state index is 12.1.